The van der Waals surface area contributed by atoms with Crippen LogP contribution in [0.2, 0.25) is 0 Å². The van der Waals surface area contributed by atoms with Crippen molar-refractivity contribution in [2.45, 2.75) is 44.9 Å². The van der Waals surface area contributed by atoms with Gasteiger partial charge in [0.25, 0.3) is 0 Å². The van der Waals surface area contributed by atoms with Crippen LogP contribution in [0.25, 0.3) is 0 Å². The van der Waals surface area contributed by atoms with Gasteiger partial charge in [0, 0.05) is 0 Å². The largest absolute Gasteiger partial charge is 0.317 e. The van der Waals surface area contributed by atoms with Gasteiger partial charge >= 0.3 is 0 Å². The molecule has 15 heavy (non-hydrogen) atoms. The maximum atomic E-state index is 3.65. The zero-order chi connectivity index (χ0) is 10.3. The molecule has 2 aliphatic rings. The van der Waals surface area contributed by atoms with Crippen molar-refractivity contribution in [1.82, 2.24) is 10.6 Å². The minimum Gasteiger partial charge on any atom is -0.317 e. The first-order chi connectivity index (χ1) is 7.45. The van der Waals surface area contributed by atoms with Crippen molar-refractivity contribution in [3.05, 3.63) is 0 Å². The molecule has 0 radical (unpaired) electrons. The molecule has 2 heteroatoms. The molecule has 2 rings (SSSR count). The summed E-state index contributed by atoms with van der Waals surface area (Å²) in [7, 11) is 0. The molecule has 2 nitrogen and oxygen atoms in total. The van der Waals surface area contributed by atoms with Gasteiger partial charge in [-0.2, -0.15) is 0 Å². The van der Waals surface area contributed by atoms with E-state index in [9.17, 15) is 0 Å². The predicted molar refractivity (Wildman–Crippen MR) is 65.0 cm³/mol. The first-order valence-electron chi connectivity index (χ1n) is 6.86. The number of rotatable bonds is 5. The second-order valence-corrected chi connectivity index (χ2v) is 5.34. The third-order valence-corrected chi connectivity index (χ3v) is 4.10. The highest BCUT2D eigenvalue weighted by Crippen LogP contribution is 2.23. The average molecular weight is 210 g/mol. The normalized spacial score (nSPS) is 24.8. The SMILES string of the molecule is C1CCC(CNCCC2CCNCC2)C1. The lowest BCUT2D eigenvalue weighted by molar-refractivity contribution is 0.343. The summed E-state index contributed by atoms with van der Waals surface area (Å²) < 4.78 is 0. The first-order valence-corrected chi connectivity index (χ1v) is 6.86. The zero-order valence-corrected chi connectivity index (χ0v) is 9.93. The standard InChI is InChI=1S/C13H26N2/c1-2-4-13(3-1)11-15-10-7-12-5-8-14-9-6-12/h12-15H,1-11H2. The molecule has 0 unspecified atom stereocenters. The molecule has 1 saturated heterocycles. The van der Waals surface area contributed by atoms with Crippen LogP contribution in [0.5, 0.6) is 0 Å². The Morgan fingerprint density at radius 3 is 2.40 bits per heavy atom. The van der Waals surface area contributed by atoms with Crippen LogP contribution in [0.15, 0.2) is 0 Å². The molecular weight excluding hydrogens is 184 g/mol. The van der Waals surface area contributed by atoms with Gasteiger partial charge in [0.05, 0.1) is 0 Å². The van der Waals surface area contributed by atoms with Crippen molar-refractivity contribution in [2.24, 2.45) is 11.8 Å². The van der Waals surface area contributed by atoms with E-state index in [1.807, 2.05) is 0 Å². The van der Waals surface area contributed by atoms with Gasteiger partial charge in [-0.25, -0.2) is 0 Å². The van der Waals surface area contributed by atoms with Gasteiger partial charge < -0.3 is 10.6 Å². The van der Waals surface area contributed by atoms with E-state index in [0.29, 0.717) is 0 Å². The molecule has 0 aromatic heterocycles. The Labute approximate surface area is 94.2 Å². The topological polar surface area (TPSA) is 24.1 Å². The molecular formula is C13H26N2. The smallest absolute Gasteiger partial charge is 0.00205 e. The lowest BCUT2D eigenvalue weighted by atomic mass is 9.95. The van der Waals surface area contributed by atoms with Gasteiger partial charge in [-0.05, 0) is 70.1 Å². The van der Waals surface area contributed by atoms with Crippen molar-refractivity contribution in [3.63, 3.8) is 0 Å². The molecule has 0 amide bonds. The quantitative estimate of drug-likeness (QED) is 0.680. The summed E-state index contributed by atoms with van der Waals surface area (Å²) in [4.78, 5) is 0. The van der Waals surface area contributed by atoms with Crippen LogP contribution in [-0.4, -0.2) is 26.2 Å². The summed E-state index contributed by atoms with van der Waals surface area (Å²) in [5.74, 6) is 1.99. The number of hydrogen-bond acceptors (Lipinski definition) is 2. The van der Waals surface area contributed by atoms with E-state index in [1.54, 1.807) is 0 Å². The number of hydrogen-bond donors (Lipinski definition) is 2. The van der Waals surface area contributed by atoms with Gasteiger partial charge in [-0.3, -0.25) is 0 Å². The van der Waals surface area contributed by atoms with E-state index >= 15 is 0 Å². The van der Waals surface area contributed by atoms with Crippen molar-refractivity contribution in [3.8, 4) is 0 Å². The lowest BCUT2D eigenvalue weighted by Gasteiger charge is -2.22. The summed E-state index contributed by atoms with van der Waals surface area (Å²) in [5, 5.41) is 7.08. The van der Waals surface area contributed by atoms with Crippen LogP contribution in [0.4, 0.5) is 0 Å². The van der Waals surface area contributed by atoms with E-state index < -0.39 is 0 Å². The predicted octanol–water partition coefficient (Wildman–Crippen LogP) is 2.16. The van der Waals surface area contributed by atoms with Gasteiger partial charge in [0.15, 0.2) is 0 Å². The monoisotopic (exact) mass is 210 g/mol. The number of piperidine rings is 1. The van der Waals surface area contributed by atoms with Crippen LogP contribution < -0.4 is 10.6 Å². The summed E-state index contributed by atoms with van der Waals surface area (Å²) in [5.41, 5.74) is 0. The van der Waals surface area contributed by atoms with Crippen LogP contribution in [0.3, 0.4) is 0 Å². The van der Waals surface area contributed by atoms with E-state index in [1.165, 1.54) is 71.1 Å². The fourth-order valence-corrected chi connectivity index (χ4v) is 3.00. The fourth-order valence-electron chi connectivity index (χ4n) is 3.00. The van der Waals surface area contributed by atoms with Crippen LogP contribution >= 0.6 is 0 Å². The van der Waals surface area contributed by atoms with Gasteiger partial charge in [0.2, 0.25) is 0 Å². The minimum absolute atomic E-state index is 0.988. The molecule has 2 N–H and O–H groups in total. The molecule has 0 atom stereocenters. The van der Waals surface area contributed by atoms with Crippen molar-refractivity contribution < 1.29 is 0 Å². The van der Waals surface area contributed by atoms with Crippen LogP contribution in [-0.2, 0) is 0 Å². The summed E-state index contributed by atoms with van der Waals surface area (Å²) in [6, 6.07) is 0. The van der Waals surface area contributed by atoms with Crippen molar-refractivity contribution >= 4 is 0 Å². The molecule has 1 heterocycles. The molecule has 1 aliphatic carbocycles. The van der Waals surface area contributed by atoms with Crippen molar-refractivity contribution in [1.29, 1.82) is 0 Å². The third-order valence-electron chi connectivity index (χ3n) is 4.10. The first kappa shape index (κ1) is 11.4. The average Bonchev–Trinajstić information content (AvgIpc) is 2.79. The zero-order valence-electron chi connectivity index (χ0n) is 9.93. The summed E-state index contributed by atoms with van der Waals surface area (Å²) in [6.45, 7) is 5.02. The fraction of sp³-hybridized carbons (Fsp3) is 1.00. The summed E-state index contributed by atoms with van der Waals surface area (Å²) in [6.07, 6.45) is 10.1. The van der Waals surface area contributed by atoms with E-state index in [-0.39, 0.29) is 0 Å². The second kappa shape index (κ2) is 6.49. The Kier molecular flexibility index (Phi) is 4.94. The van der Waals surface area contributed by atoms with Gasteiger partial charge in [-0.1, -0.05) is 12.8 Å². The Balaban J connectivity index is 1.47. The molecule has 1 aliphatic heterocycles. The third kappa shape index (κ3) is 4.12. The molecule has 88 valence electrons. The van der Waals surface area contributed by atoms with E-state index in [2.05, 4.69) is 10.6 Å². The highest BCUT2D eigenvalue weighted by Gasteiger charge is 2.15. The van der Waals surface area contributed by atoms with Crippen LogP contribution in [0, 0.1) is 11.8 Å². The van der Waals surface area contributed by atoms with E-state index in [4.69, 9.17) is 0 Å². The molecule has 2 fully saturated rings. The molecule has 0 aromatic carbocycles. The molecule has 1 saturated carbocycles. The van der Waals surface area contributed by atoms with Gasteiger partial charge in [0.1, 0.15) is 0 Å². The summed E-state index contributed by atoms with van der Waals surface area (Å²) >= 11 is 0. The van der Waals surface area contributed by atoms with Crippen LogP contribution in [0.1, 0.15) is 44.9 Å². The molecule has 0 bridgehead atoms. The maximum absolute atomic E-state index is 3.65. The van der Waals surface area contributed by atoms with Crippen molar-refractivity contribution in [2.75, 3.05) is 26.2 Å². The minimum atomic E-state index is 0.988. The highest BCUT2D eigenvalue weighted by molar-refractivity contribution is 4.72. The maximum Gasteiger partial charge on any atom is -0.00205 e. The number of nitrogens with one attached hydrogen (secondary N) is 2. The Bertz CT molecular complexity index is 158. The molecule has 0 aromatic rings. The van der Waals surface area contributed by atoms with E-state index in [0.717, 1.165) is 11.8 Å². The second-order valence-electron chi connectivity index (χ2n) is 5.34. The highest BCUT2D eigenvalue weighted by atomic mass is 14.9. The molecule has 0 spiro atoms. The Hall–Kier alpha value is -0.0800. The lowest BCUT2D eigenvalue weighted by Crippen LogP contribution is -2.30. The Morgan fingerprint density at radius 1 is 0.933 bits per heavy atom. The van der Waals surface area contributed by atoms with Gasteiger partial charge in [-0.15, -0.1) is 0 Å². The Morgan fingerprint density at radius 2 is 1.67 bits per heavy atom.